The van der Waals surface area contributed by atoms with E-state index >= 15 is 0 Å². The number of benzene rings is 1. The van der Waals surface area contributed by atoms with E-state index in [1.165, 1.54) is 30.2 Å². The number of hydrogen-bond donors (Lipinski definition) is 0. The minimum absolute atomic E-state index is 0.0538. The van der Waals surface area contributed by atoms with Crippen molar-refractivity contribution in [3.05, 3.63) is 51.9 Å². The Hall–Kier alpha value is -1.73. The lowest BCUT2D eigenvalue weighted by Gasteiger charge is -2.20. The van der Waals surface area contributed by atoms with Crippen LogP contribution in [0.2, 0.25) is 0 Å². The summed E-state index contributed by atoms with van der Waals surface area (Å²) in [4.78, 5) is 33.4. The van der Waals surface area contributed by atoms with Gasteiger partial charge in [-0.1, -0.05) is 54.9 Å². The van der Waals surface area contributed by atoms with Crippen molar-refractivity contribution >= 4 is 29.4 Å². The second-order valence-electron chi connectivity index (χ2n) is 7.54. The van der Waals surface area contributed by atoms with Crippen molar-refractivity contribution in [2.75, 3.05) is 24.6 Å². The monoisotopic (exact) mass is 429 g/mol. The third-order valence-electron chi connectivity index (χ3n) is 5.50. The maximum absolute atomic E-state index is 13.1. The first-order valence-corrected chi connectivity index (χ1v) is 12.4. The SMILES string of the molecule is O=C(CSc1nc2c(c(=O)n1CCc1ccccc1)SCC2)N1CCCCCC1. The van der Waals surface area contributed by atoms with Gasteiger partial charge >= 0.3 is 0 Å². The third kappa shape index (κ3) is 5.07. The van der Waals surface area contributed by atoms with Crippen LogP contribution in [0.5, 0.6) is 0 Å². The number of carbonyl (C=O) groups is 1. The number of amides is 1. The summed E-state index contributed by atoms with van der Waals surface area (Å²) < 4.78 is 1.78. The Kier molecular flexibility index (Phi) is 6.98. The number of fused-ring (bicyclic) bond motifs is 1. The molecule has 1 saturated heterocycles. The molecule has 1 aromatic heterocycles. The minimum Gasteiger partial charge on any atom is -0.342 e. The Bertz CT molecular complexity index is 906. The molecule has 7 heteroatoms. The van der Waals surface area contributed by atoms with Gasteiger partial charge < -0.3 is 4.90 Å². The van der Waals surface area contributed by atoms with Crippen LogP contribution < -0.4 is 5.56 Å². The highest BCUT2D eigenvalue weighted by Gasteiger charge is 2.23. The number of thioether (sulfide) groups is 2. The molecule has 29 heavy (non-hydrogen) atoms. The summed E-state index contributed by atoms with van der Waals surface area (Å²) in [5.74, 6) is 1.43. The van der Waals surface area contributed by atoms with E-state index < -0.39 is 0 Å². The highest BCUT2D eigenvalue weighted by Crippen LogP contribution is 2.29. The zero-order chi connectivity index (χ0) is 20.1. The predicted molar refractivity (Wildman–Crippen MR) is 119 cm³/mol. The Morgan fingerprint density at radius 3 is 2.62 bits per heavy atom. The van der Waals surface area contributed by atoms with E-state index in [1.807, 2.05) is 23.1 Å². The number of carbonyl (C=O) groups excluding carboxylic acids is 1. The highest BCUT2D eigenvalue weighted by molar-refractivity contribution is 8.00. The summed E-state index contributed by atoms with van der Waals surface area (Å²) in [6.07, 6.45) is 6.21. The summed E-state index contributed by atoms with van der Waals surface area (Å²) in [5.41, 5.74) is 2.16. The lowest BCUT2D eigenvalue weighted by Crippen LogP contribution is -2.33. The fraction of sp³-hybridized carbons (Fsp3) is 0.500. The molecule has 5 nitrogen and oxygen atoms in total. The first-order chi connectivity index (χ1) is 14.2. The molecule has 0 atom stereocenters. The molecular formula is C22H27N3O2S2. The van der Waals surface area contributed by atoms with Gasteiger partial charge in [-0.15, -0.1) is 11.8 Å². The van der Waals surface area contributed by atoms with Crippen LogP contribution in [0, 0.1) is 0 Å². The largest absolute Gasteiger partial charge is 0.342 e. The van der Waals surface area contributed by atoms with Gasteiger partial charge in [0.15, 0.2) is 5.16 Å². The highest BCUT2D eigenvalue weighted by atomic mass is 32.2. The lowest BCUT2D eigenvalue weighted by atomic mass is 10.1. The van der Waals surface area contributed by atoms with Crippen LogP contribution in [0.15, 0.2) is 45.2 Å². The van der Waals surface area contributed by atoms with Crippen LogP contribution in [0.4, 0.5) is 0 Å². The van der Waals surface area contributed by atoms with E-state index in [0.717, 1.165) is 55.1 Å². The van der Waals surface area contributed by atoms with Gasteiger partial charge in [0, 0.05) is 31.8 Å². The molecule has 4 rings (SSSR count). The van der Waals surface area contributed by atoms with Crippen LogP contribution in [0.3, 0.4) is 0 Å². The van der Waals surface area contributed by atoms with Crippen LogP contribution in [0.25, 0.3) is 0 Å². The van der Waals surface area contributed by atoms with Crippen molar-refractivity contribution in [1.82, 2.24) is 14.5 Å². The molecule has 1 fully saturated rings. The van der Waals surface area contributed by atoms with Gasteiger partial charge in [0.1, 0.15) is 0 Å². The molecule has 0 aliphatic carbocycles. The molecule has 2 aliphatic rings. The summed E-state index contributed by atoms with van der Waals surface area (Å²) in [5, 5.41) is 0.690. The molecule has 154 valence electrons. The molecule has 0 radical (unpaired) electrons. The van der Waals surface area contributed by atoms with Gasteiger partial charge in [-0.25, -0.2) is 4.98 Å². The van der Waals surface area contributed by atoms with Crippen LogP contribution in [-0.2, 0) is 24.2 Å². The van der Waals surface area contributed by atoms with E-state index in [4.69, 9.17) is 4.98 Å². The van der Waals surface area contributed by atoms with E-state index in [2.05, 4.69) is 12.1 Å². The van der Waals surface area contributed by atoms with Crippen LogP contribution >= 0.6 is 23.5 Å². The van der Waals surface area contributed by atoms with Crippen molar-refractivity contribution in [2.45, 2.75) is 55.1 Å². The number of nitrogens with zero attached hydrogens (tertiary/aromatic N) is 3. The summed E-state index contributed by atoms with van der Waals surface area (Å²) in [6, 6.07) is 10.2. The van der Waals surface area contributed by atoms with Gasteiger partial charge in [0.25, 0.3) is 5.56 Å². The zero-order valence-corrected chi connectivity index (χ0v) is 18.3. The predicted octanol–water partition coefficient (Wildman–Crippen LogP) is 3.63. The second kappa shape index (κ2) is 9.85. The van der Waals surface area contributed by atoms with Crippen molar-refractivity contribution in [3.8, 4) is 0 Å². The quantitative estimate of drug-likeness (QED) is 0.518. The molecule has 2 aliphatic heterocycles. The summed E-state index contributed by atoms with van der Waals surface area (Å²) in [7, 11) is 0. The molecule has 0 spiro atoms. The Morgan fingerprint density at radius 2 is 1.86 bits per heavy atom. The molecule has 1 amide bonds. The average Bonchev–Trinajstić information content (AvgIpc) is 3.05. The van der Waals surface area contributed by atoms with Gasteiger partial charge in [-0.05, 0) is 24.8 Å². The number of hydrogen-bond acceptors (Lipinski definition) is 5. The van der Waals surface area contributed by atoms with Gasteiger partial charge in [0.2, 0.25) is 5.91 Å². The number of likely N-dealkylation sites (tertiary alicyclic amines) is 1. The molecule has 0 bridgehead atoms. The lowest BCUT2D eigenvalue weighted by molar-refractivity contribution is -0.128. The number of aryl methyl sites for hydroxylation is 2. The average molecular weight is 430 g/mol. The molecule has 0 unspecified atom stereocenters. The normalized spacial score (nSPS) is 16.5. The van der Waals surface area contributed by atoms with E-state index in [1.54, 1.807) is 16.3 Å². The number of rotatable bonds is 6. The topological polar surface area (TPSA) is 55.2 Å². The Morgan fingerprint density at radius 1 is 1.10 bits per heavy atom. The summed E-state index contributed by atoms with van der Waals surface area (Å²) >= 11 is 3.03. The molecule has 0 N–H and O–H groups in total. The first-order valence-electron chi connectivity index (χ1n) is 10.4. The van der Waals surface area contributed by atoms with E-state index in [9.17, 15) is 9.59 Å². The second-order valence-corrected chi connectivity index (χ2v) is 9.59. The molecule has 1 aromatic carbocycles. The van der Waals surface area contributed by atoms with Crippen molar-refractivity contribution in [1.29, 1.82) is 0 Å². The Labute approximate surface area is 180 Å². The maximum Gasteiger partial charge on any atom is 0.268 e. The van der Waals surface area contributed by atoms with E-state index in [-0.39, 0.29) is 11.5 Å². The zero-order valence-electron chi connectivity index (χ0n) is 16.6. The standard InChI is InChI=1S/C22H27N3O2S2/c26-19(24-12-6-1-2-7-13-24)16-29-22-23-18-11-15-28-20(18)21(27)25(22)14-10-17-8-4-3-5-9-17/h3-5,8-9H,1-2,6-7,10-16H2. The molecule has 0 saturated carbocycles. The maximum atomic E-state index is 13.1. The van der Waals surface area contributed by atoms with Gasteiger partial charge in [0.05, 0.1) is 16.3 Å². The van der Waals surface area contributed by atoms with Crippen LogP contribution in [0.1, 0.15) is 36.9 Å². The van der Waals surface area contributed by atoms with Crippen LogP contribution in [-0.4, -0.2) is 45.0 Å². The molecular weight excluding hydrogens is 402 g/mol. The van der Waals surface area contributed by atoms with Crippen molar-refractivity contribution in [3.63, 3.8) is 0 Å². The van der Waals surface area contributed by atoms with Crippen molar-refractivity contribution in [2.24, 2.45) is 0 Å². The molecule has 3 heterocycles. The number of aromatic nitrogens is 2. The third-order valence-corrected chi connectivity index (χ3v) is 7.57. The van der Waals surface area contributed by atoms with E-state index in [0.29, 0.717) is 17.5 Å². The van der Waals surface area contributed by atoms with Gasteiger partial charge in [-0.2, -0.15) is 0 Å². The molecule has 2 aromatic rings. The van der Waals surface area contributed by atoms with Gasteiger partial charge in [-0.3, -0.25) is 14.2 Å². The van der Waals surface area contributed by atoms with Crippen molar-refractivity contribution < 1.29 is 4.79 Å². The fourth-order valence-electron chi connectivity index (χ4n) is 3.85. The smallest absolute Gasteiger partial charge is 0.268 e. The minimum atomic E-state index is 0.0538. The Balaban J connectivity index is 1.51. The first kappa shape index (κ1) is 20.5. The fourth-order valence-corrected chi connectivity index (χ4v) is 5.84. The summed E-state index contributed by atoms with van der Waals surface area (Å²) in [6.45, 7) is 2.30.